The van der Waals surface area contributed by atoms with Crippen LogP contribution in [0, 0.1) is 6.92 Å². The molecule has 0 saturated heterocycles. The first kappa shape index (κ1) is 15.8. The van der Waals surface area contributed by atoms with Crippen LogP contribution in [0.2, 0.25) is 5.02 Å². The summed E-state index contributed by atoms with van der Waals surface area (Å²) in [4.78, 5) is 4.22. The zero-order valence-corrected chi connectivity index (χ0v) is 13.5. The van der Waals surface area contributed by atoms with E-state index in [1.165, 1.54) is 0 Å². The predicted octanol–water partition coefficient (Wildman–Crippen LogP) is 5.01. The van der Waals surface area contributed by atoms with E-state index in [1.54, 1.807) is 19.2 Å². The van der Waals surface area contributed by atoms with E-state index >= 15 is 0 Å². The molecule has 4 heteroatoms. The van der Waals surface area contributed by atoms with Crippen molar-refractivity contribution in [3.63, 3.8) is 0 Å². The molecular weight excluding hydrogens is 286 g/mol. The van der Waals surface area contributed by atoms with Crippen LogP contribution in [0.5, 0.6) is 11.6 Å². The molecule has 0 fully saturated rings. The van der Waals surface area contributed by atoms with E-state index < -0.39 is 6.10 Å². The topological polar surface area (TPSA) is 42.4 Å². The fourth-order valence-electron chi connectivity index (χ4n) is 2.03. The molecule has 21 heavy (non-hydrogen) atoms. The summed E-state index contributed by atoms with van der Waals surface area (Å²) in [5.74, 6) is 1.57. The summed E-state index contributed by atoms with van der Waals surface area (Å²) in [6.07, 6.45) is 1.09. The molecule has 1 aromatic carbocycles. The minimum atomic E-state index is -0.531. The second-order valence-electron chi connectivity index (χ2n) is 5.50. The zero-order valence-electron chi connectivity index (χ0n) is 12.7. The second kappa shape index (κ2) is 6.46. The van der Waals surface area contributed by atoms with Gasteiger partial charge in [0.15, 0.2) is 0 Å². The smallest absolute Gasteiger partial charge is 0.219 e. The maximum absolute atomic E-state index is 9.48. The maximum atomic E-state index is 9.48. The summed E-state index contributed by atoms with van der Waals surface area (Å²) in [7, 11) is 0. The lowest BCUT2D eigenvalue weighted by Crippen LogP contribution is -1.97. The molecule has 1 N–H and O–H groups in total. The van der Waals surface area contributed by atoms with Gasteiger partial charge in [0.1, 0.15) is 5.75 Å². The molecule has 1 heterocycles. The van der Waals surface area contributed by atoms with Crippen molar-refractivity contribution in [2.75, 3.05) is 0 Å². The number of aliphatic hydroxyl groups excluding tert-OH is 1. The largest absolute Gasteiger partial charge is 0.439 e. The van der Waals surface area contributed by atoms with Gasteiger partial charge in [-0.05, 0) is 54.7 Å². The lowest BCUT2D eigenvalue weighted by molar-refractivity contribution is 0.198. The van der Waals surface area contributed by atoms with Gasteiger partial charge in [-0.25, -0.2) is 4.98 Å². The number of nitrogens with zero attached hydrogens (tertiary/aromatic N) is 1. The molecule has 2 aromatic rings. The Hall–Kier alpha value is -1.58. The average Bonchev–Trinajstić information content (AvgIpc) is 2.42. The molecule has 0 radical (unpaired) electrons. The van der Waals surface area contributed by atoms with Crippen LogP contribution < -0.4 is 4.74 Å². The van der Waals surface area contributed by atoms with Gasteiger partial charge in [0, 0.05) is 17.3 Å². The minimum Gasteiger partial charge on any atom is -0.439 e. The Kier molecular flexibility index (Phi) is 4.86. The van der Waals surface area contributed by atoms with Gasteiger partial charge in [0.2, 0.25) is 5.88 Å². The fraction of sp³-hybridized carbons (Fsp3) is 0.353. The maximum Gasteiger partial charge on any atom is 0.219 e. The Morgan fingerprint density at radius 2 is 1.90 bits per heavy atom. The van der Waals surface area contributed by atoms with Crippen molar-refractivity contribution in [2.45, 2.75) is 39.7 Å². The van der Waals surface area contributed by atoms with Crippen LogP contribution in [-0.4, -0.2) is 10.1 Å². The van der Waals surface area contributed by atoms with Crippen molar-refractivity contribution in [3.05, 3.63) is 52.2 Å². The van der Waals surface area contributed by atoms with Crippen LogP contribution >= 0.6 is 11.6 Å². The fourth-order valence-corrected chi connectivity index (χ4v) is 2.47. The summed E-state index contributed by atoms with van der Waals surface area (Å²) >= 11 is 6.26. The van der Waals surface area contributed by atoms with Crippen LogP contribution in [0.4, 0.5) is 0 Å². The molecule has 0 unspecified atom stereocenters. The third-order valence-electron chi connectivity index (χ3n) is 3.37. The van der Waals surface area contributed by atoms with Gasteiger partial charge >= 0.3 is 0 Å². The molecule has 1 aromatic heterocycles. The monoisotopic (exact) mass is 305 g/mol. The highest BCUT2D eigenvalue weighted by Gasteiger charge is 2.11. The third kappa shape index (κ3) is 3.74. The van der Waals surface area contributed by atoms with E-state index in [2.05, 4.69) is 18.8 Å². The third-order valence-corrected chi connectivity index (χ3v) is 3.70. The van der Waals surface area contributed by atoms with Gasteiger partial charge in [-0.2, -0.15) is 0 Å². The Morgan fingerprint density at radius 3 is 2.43 bits per heavy atom. The Balaban J connectivity index is 2.28. The number of halogens is 1. The van der Waals surface area contributed by atoms with Crippen LogP contribution in [0.3, 0.4) is 0 Å². The zero-order chi connectivity index (χ0) is 15.6. The van der Waals surface area contributed by atoms with E-state index in [0.29, 0.717) is 11.8 Å². The summed E-state index contributed by atoms with van der Waals surface area (Å²) in [5.41, 5.74) is 2.78. The first-order valence-electron chi connectivity index (χ1n) is 7.00. The molecule has 0 saturated carbocycles. The minimum absolute atomic E-state index is 0.325. The lowest BCUT2D eigenvalue weighted by atomic mass is 10.0. The van der Waals surface area contributed by atoms with Gasteiger partial charge in [0.05, 0.1) is 6.10 Å². The van der Waals surface area contributed by atoms with Crippen molar-refractivity contribution in [1.82, 2.24) is 4.98 Å². The van der Waals surface area contributed by atoms with Gasteiger partial charge in [-0.1, -0.05) is 25.4 Å². The first-order valence-corrected chi connectivity index (χ1v) is 7.38. The van der Waals surface area contributed by atoms with Crippen molar-refractivity contribution < 1.29 is 9.84 Å². The van der Waals surface area contributed by atoms with E-state index in [1.807, 2.05) is 25.1 Å². The molecule has 112 valence electrons. The summed E-state index contributed by atoms with van der Waals surface area (Å²) in [6, 6.07) is 7.44. The van der Waals surface area contributed by atoms with Gasteiger partial charge in [0.25, 0.3) is 0 Å². The highest BCUT2D eigenvalue weighted by atomic mass is 35.5. The highest BCUT2D eigenvalue weighted by molar-refractivity contribution is 6.31. The van der Waals surface area contributed by atoms with E-state index in [-0.39, 0.29) is 0 Å². The molecule has 2 rings (SSSR count). The van der Waals surface area contributed by atoms with Crippen molar-refractivity contribution >= 4 is 11.6 Å². The molecule has 0 amide bonds. The number of ether oxygens (including phenoxy) is 1. The predicted molar refractivity (Wildman–Crippen MR) is 85.2 cm³/mol. The quantitative estimate of drug-likeness (QED) is 0.863. The number of aliphatic hydroxyl groups is 1. The van der Waals surface area contributed by atoms with Gasteiger partial charge < -0.3 is 9.84 Å². The second-order valence-corrected chi connectivity index (χ2v) is 5.91. The highest BCUT2D eigenvalue weighted by Crippen LogP contribution is 2.33. The molecule has 0 aliphatic rings. The van der Waals surface area contributed by atoms with Crippen molar-refractivity contribution in [1.29, 1.82) is 0 Å². The summed E-state index contributed by atoms with van der Waals surface area (Å²) < 4.78 is 5.84. The Bertz CT molecular complexity index is 621. The van der Waals surface area contributed by atoms with Crippen LogP contribution in [0.1, 0.15) is 49.5 Å². The summed E-state index contributed by atoms with van der Waals surface area (Å²) in [6.45, 7) is 7.84. The number of hydrogen-bond donors (Lipinski definition) is 1. The first-order chi connectivity index (χ1) is 9.88. The number of pyridine rings is 1. The molecule has 0 bridgehead atoms. The van der Waals surface area contributed by atoms with Crippen molar-refractivity contribution in [3.8, 4) is 11.6 Å². The standard InChI is InChI=1S/C17H20ClNO2/c1-10(2)14-8-16(11(3)7-15(14)18)21-17-6-5-13(9-19-17)12(4)20/h5-10,12,20H,1-4H3/t12-/m1/s1. The number of aromatic nitrogens is 1. The number of rotatable bonds is 4. The molecule has 0 aliphatic carbocycles. The molecule has 0 aliphatic heterocycles. The average molecular weight is 306 g/mol. The molecule has 0 spiro atoms. The SMILES string of the molecule is Cc1cc(Cl)c(C(C)C)cc1Oc1ccc([C@@H](C)O)cn1. The van der Waals surface area contributed by atoms with Crippen LogP contribution in [-0.2, 0) is 0 Å². The molecular formula is C17H20ClNO2. The summed E-state index contributed by atoms with van der Waals surface area (Å²) in [5, 5.41) is 10.2. The number of hydrogen-bond acceptors (Lipinski definition) is 3. The van der Waals surface area contributed by atoms with Crippen molar-refractivity contribution in [2.24, 2.45) is 0 Å². The number of aryl methyl sites for hydroxylation is 1. The van der Waals surface area contributed by atoms with E-state index in [4.69, 9.17) is 16.3 Å². The van der Waals surface area contributed by atoms with Crippen LogP contribution in [0.25, 0.3) is 0 Å². The van der Waals surface area contributed by atoms with Gasteiger partial charge in [-0.3, -0.25) is 0 Å². The Morgan fingerprint density at radius 1 is 1.19 bits per heavy atom. The normalized spacial score (nSPS) is 12.5. The van der Waals surface area contributed by atoms with E-state index in [9.17, 15) is 5.11 Å². The van der Waals surface area contributed by atoms with Gasteiger partial charge in [-0.15, -0.1) is 0 Å². The van der Waals surface area contributed by atoms with Crippen LogP contribution in [0.15, 0.2) is 30.5 Å². The number of benzene rings is 1. The molecule has 3 nitrogen and oxygen atoms in total. The van der Waals surface area contributed by atoms with E-state index in [0.717, 1.165) is 27.5 Å². The molecule has 1 atom stereocenters. The Labute approximate surface area is 130 Å². The lowest BCUT2D eigenvalue weighted by Gasteiger charge is -2.14.